The Balaban J connectivity index is 0.926. The monoisotopic (exact) mass is 837 g/mol. The lowest BCUT2D eigenvalue weighted by molar-refractivity contribution is -0.135. The van der Waals surface area contributed by atoms with Gasteiger partial charge in [-0.2, -0.15) is 0 Å². The van der Waals surface area contributed by atoms with Gasteiger partial charge in [0.25, 0.3) is 0 Å². The Morgan fingerprint density at radius 3 is 2.26 bits per heavy atom. The molecule has 3 aromatic carbocycles. The number of aromatic nitrogens is 4. The lowest BCUT2D eigenvalue weighted by atomic mass is 9.91. The predicted molar refractivity (Wildman–Crippen MR) is 238 cm³/mol. The molecule has 0 radical (unpaired) electrons. The van der Waals surface area contributed by atoms with Gasteiger partial charge < -0.3 is 34.6 Å². The van der Waals surface area contributed by atoms with Gasteiger partial charge in [0.2, 0.25) is 11.8 Å². The van der Waals surface area contributed by atoms with Crippen molar-refractivity contribution in [2.45, 2.75) is 109 Å². The molecule has 0 unspecified atom stereocenters. The van der Waals surface area contributed by atoms with E-state index in [9.17, 15) is 14.4 Å². The number of carbonyl (C=O) groups is 3. The van der Waals surface area contributed by atoms with E-state index in [1.165, 1.54) is 7.11 Å². The molecule has 2 bridgehead atoms. The average Bonchev–Trinajstić information content (AvgIpc) is 3.78. The van der Waals surface area contributed by atoms with E-state index in [1.54, 1.807) is 0 Å². The van der Waals surface area contributed by atoms with Crippen molar-refractivity contribution in [1.82, 2.24) is 35.1 Å². The lowest BCUT2D eigenvalue weighted by Crippen LogP contribution is -2.51. The molecular formula is C50H59N7O5. The number of alkyl carbamates (subject to hydrolysis) is 1. The van der Waals surface area contributed by atoms with Crippen molar-refractivity contribution in [3.63, 3.8) is 0 Å². The van der Waals surface area contributed by atoms with Gasteiger partial charge in [0, 0.05) is 25.3 Å². The van der Waals surface area contributed by atoms with Crippen LogP contribution in [0.2, 0.25) is 0 Å². The number of fused-ring (bicyclic) bond motifs is 4. The Morgan fingerprint density at radius 1 is 0.839 bits per heavy atom. The highest BCUT2D eigenvalue weighted by molar-refractivity contribution is 5.87. The van der Waals surface area contributed by atoms with Crippen LogP contribution in [0.1, 0.15) is 119 Å². The summed E-state index contributed by atoms with van der Waals surface area (Å²) < 4.78 is 11.1. The number of nitrogens with zero attached hydrogens (tertiary/aromatic N) is 4. The van der Waals surface area contributed by atoms with Crippen molar-refractivity contribution >= 4 is 17.9 Å². The number of aromatic amines is 2. The van der Waals surface area contributed by atoms with Gasteiger partial charge in [0.05, 0.1) is 55.0 Å². The number of hydrogen-bond donors (Lipinski definition) is 3. The maximum absolute atomic E-state index is 14.6. The Morgan fingerprint density at radius 2 is 1.55 bits per heavy atom. The van der Waals surface area contributed by atoms with Gasteiger partial charge in [-0.25, -0.2) is 14.8 Å². The number of benzene rings is 3. The summed E-state index contributed by atoms with van der Waals surface area (Å²) in [6.45, 7) is 6.36. The summed E-state index contributed by atoms with van der Waals surface area (Å²) in [6.07, 6.45) is 11.2. The molecule has 3 amide bonds. The number of methoxy groups -OCH3 is 1. The number of amides is 3. The summed E-state index contributed by atoms with van der Waals surface area (Å²) in [5.74, 6) is 1.46. The molecule has 3 N–H and O–H groups in total. The van der Waals surface area contributed by atoms with E-state index < -0.39 is 12.1 Å². The normalized spacial score (nSPS) is 21.9. The molecule has 12 nitrogen and oxygen atoms in total. The number of carbonyl (C=O) groups excluding carboxylic acids is 3. The number of nitrogens with one attached hydrogen (secondary N) is 3. The fourth-order valence-electron chi connectivity index (χ4n) is 9.91. The Labute approximate surface area is 364 Å². The molecule has 62 heavy (non-hydrogen) atoms. The van der Waals surface area contributed by atoms with Crippen molar-refractivity contribution in [3.8, 4) is 33.6 Å². The van der Waals surface area contributed by atoms with Gasteiger partial charge in [0.1, 0.15) is 17.7 Å². The third-order valence-corrected chi connectivity index (χ3v) is 13.7. The largest absolute Gasteiger partial charge is 0.453 e. The molecule has 3 aliphatic heterocycles. The van der Waals surface area contributed by atoms with E-state index in [1.807, 2.05) is 31.0 Å². The zero-order chi connectivity index (χ0) is 42.8. The van der Waals surface area contributed by atoms with E-state index in [0.717, 1.165) is 127 Å². The van der Waals surface area contributed by atoms with Crippen molar-refractivity contribution in [2.24, 2.45) is 11.3 Å². The second-order valence-corrected chi connectivity index (χ2v) is 18.2. The highest BCUT2D eigenvalue weighted by atomic mass is 16.5. The standard InChI is InChI=1S/C50H59N7O5/c1-32(2)43(55-49(60)61-3)48(59)56-26-11-15-41(56)45-51-29-39(52-45)36-20-16-33(17-21-36)34-18-22-37(23-19-34)44-40-30-62-27-10-5-4-9-14-38(35-12-7-6-8-13-35)47(58)57-31-50(24-25-50)28-42(57)46(53-40)54-44/h6-8,12-13,16-23,29,32,38,41-43H,4-5,9-11,14-15,24-28,30-31H2,1-3H3,(H,51,52)(H,53,54)(H,55,60)/t38-,41+,42-,43-/m0/s1. The third kappa shape index (κ3) is 8.66. The molecule has 4 aliphatic rings. The smallest absolute Gasteiger partial charge is 0.407 e. The predicted octanol–water partition coefficient (Wildman–Crippen LogP) is 9.50. The van der Waals surface area contributed by atoms with Crippen LogP contribution in [0.5, 0.6) is 0 Å². The average molecular weight is 838 g/mol. The SMILES string of the molecule is COC(=O)N[C@H](C(=O)N1CCC[C@@H]1c1ncc(-c2ccc(-c3ccc(-c4nc5[nH]c4COCCCCCC[C@@H](c4ccccc4)C(=O)N4CC6(CC6)C[C@@H]54)cc3)cc2)[nH]1)C(C)C. The van der Waals surface area contributed by atoms with Gasteiger partial charge in [-0.05, 0) is 78.5 Å². The van der Waals surface area contributed by atoms with Crippen LogP contribution in [0.4, 0.5) is 4.79 Å². The van der Waals surface area contributed by atoms with Gasteiger partial charge in [-0.15, -0.1) is 0 Å². The maximum atomic E-state index is 14.6. The number of likely N-dealkylation sites (tertiary alicyclic amines) is 1. The first-order valence-corrected chi connectivity index (χ1v) is 22.6. The molecule has 2 aromatic heterocycles. The fraction of sp³-hybridized carbons (Fsp3) is 0.460. The van der Waals surface area contributed by atoms with E-state index in [2.05, 4.69) is 93.0 Å². The minimum absolute atomic E-state index is 0.0928. The first-order chi connectivity index (χ1) is 30.2. The molecule has 3 fully saturated rings. The summed E-state index contributed by atoms with van der Waals surface area (Å²) in [5, 5.41) is 2.72. The molecule has 2 saturated heterocycles. The Hall–Kier alpha value is -5.75. The first-order valence-electron chi connectivity index (χ1n) is 22.6. The highest BCUT2D eigenvalue weighted by Gasteiger charge is 2.55. The highest BCUT2D eigenvalue weighted by Crippen LogP contribution is 2.59. The maximum Gasteiger partial charge on any atom is 0.407 e. The summed E-state index contributed by atoms with van der Waals surface area (Å²) in [4.78, 5) is 61.5. The fourth-order valence-corrected chi connectivity index (χ4v) is 9.91. The van der Waals surface area contributed by atoms with Crippen LogP contribution in [0, 0.1) is 11.3 Å². The number of H-pyrrole nitrogens is 2. The van der Waals surface area contributed by atoms with Crippen LogP contribution in [-0.4, -0.2) is 80.5 Å². The molecule has 1 saturated carbocycles. The number of rotatable bonds is 8. The molecule has 324 valence electrons. The second-order valence-electron chi connectivity index (χ2n) is 18.2. The minimum Gasteiger partial charge on any atom is -0.453 e. The van der Waals surface area contributed by atoms with E-state index in [-0.39, 0.29) is 41.1 Å². The summed E-state index contributed by atoms with van der Waals surface area (Å²) in [6, 6.07) is 26.4. The molecule has 5 heterocycles. The molecule has 1 spiro atoms. The molecule has 1 aliphatic carbocycles. The van der Waals surface area contributed by atoms with Crippen molar-refractivity contribution in [1.29, 1.82) is 0 Å². The first kappa shape index (κ1) is 41.6. The van der Waals surface area contributed by atoms with Crippen LogP contribution in [0.3, 0.4) is 0 Å². The quantitative estimate of drug-likeness (QED) is 0.141. The summed E-state index contributed by atoms with van der Waals surface area (Å²) in [5.41, 5.74) is 8.21. The Kier molecular flexibility index (Phi) is 12.0. The molecule has 12 heteroatoms. The third-order valence-electron chi connectivity index (χ3n) is 13.7. The second kappa shape index (κ2) is 17.9. The van der Waals surface area contributed by atoms with Gasteiger partial charge in [-0.3, -0.25) is 9.59 Å². The lowest BCUT2D eigenvalue weighted by Gasteiger charge is -2.30. The van der Waals surface area contributed by atoms with Gasteiger partial charge in [0.15, 0.2) is 0 Å². The number of imidazole rings is 2. The molecule has 9 rings (SSSR count). The van der Waals surface area contributed by atoms with Gasteiger partial charge in [-0.1, -0.05) is 112 Å². The van der Waals surface area contributed by atoms with E-state index in [0.29, 0.717) is 19.8 Å². The zero-order valence-electron chi connectivity index (χ0n) is 36.2. The topological polar surface area (TPSA) is 146 Å². The van der Waals surface area contributed by atoms with Crippen LogP contribution >= 0.6 is 0 Å². The van der Waals surface area contributed by atoms with Gasteiger partial charge >= 0.3 is 6.09 Å². The van der Waals surface area contributed by atoms with Crippen molar-refractivity contribution in [3.05, 3.63) is 108 Å². The van der Waals surface area contributed by atoms with Crippen LogP contribution in [0.15, 0.2) is 85.1 Å². The van der Waals surface area contributed by atoms with Crippen LogP contribution in [0.25, 0.3) is 33.6 Å². The summed E-state index contributed by atoms with van der Waals surface area (Å²) >= 11 is 0. The van der Waals surface area contributed by atoms with Crippen LogP contribution < -0.4 is 5.32 Å². The molecule has 5 aromatic rings. The van der Waals surface area contributed by atoms with Crippen LogP contribution in [-0.2, 0) is 25.7 Å². The molecule has 4 atom stereocenters. The summed E-state index contributed by atoms with van der Waals surface area (Å²) in [7, 11) is 1.30. The number of ether oxygens (including phenoxy) is 2. The van der Waals surface area contributed by atoms with E-state index in [4.69, 9.17) is 19.4 Å². The number of hydrogen-bond acceptors (Lipinski definition) is 7. The minimum atomic E-state index is -0.682. The van der Waals surface area contributed by atoms with E-state index >= 15 is 0 Å². The molecular weight excluding hydrogens is 779 g/mol. The zero-order valence-corrected chi connectivity index (χ0v) is 36.2. The van der Waals surface area contributed by atoms with Crippen molar-refractivity contribution < 1.29 is 23.9 Å². The Bertz CT molecular complexity index is 2350. The van der Waals surface area contributed by atoms with Crippen molar-refractivity contribution in [2.75, 3.05) is 26.8 Å².